The van der Waals surface area contributed by atoms with Crippen LogP contribution in [0.1, 0.15) is 16.5 Å². The fourth-order valence-corrected chi connectivity index (χ4v) is 4.15. The van der Waals surface area contributed by atoms with E-state index in [1.165, 1.54) is 16.1 Å². The SMILES string of the molecule is CN=C(NCc1ccc(N(C)C)cc1)NCC(c1cccs1)N1CCOCC1. The highest BCUT2D eigenvalue weighted by Crippen LogP contribution is 2.25. The van der Waals surface area contributed by atoms with Gasteiger partial charge in [0.1, 0.15) is 0 Å². The second-order valence-electron chi connectivity index (χ2n) is 7.05. The van der Waals surface area contributed by atoms with Gasteiger partial charge in [-0.25, -0.2) is 0 Å². The van der Waals surface area contributed by atoms with E-state index in [0.29, 0.717) is 6.04 Å². The van der Waals surface area contributed by atoms with Gasteiger partial charge in [-0.15, -0.1) is 11.3 Å². The van der Waals surface area contributed by atoms with Gasteiger partial charge in [0.2, 0.25) is 0 Å². The fraction of sp³-hybridized carbons (Fsp3) is 0.476. The first kappa shape index (κ1) is 20.6. The number of hydrogen-bond acceptors (Lipinski definition) is 5. The van der Waals surface area contributed by atoms with Crippen LogP contribution in [0.25, 0.3) is 0 Å². The summed E-state index contributed by atoms with van der Waals surface area (Å²) in [4.78, 5) is 10.4. The third-order valence-electron chi connectivity index (χ3n) is 4.96. The van der Waals surface area contributed by atoms with Crippen LogP contribution in [0.5, 0.6) is 0 Å². The van der Waals surface area contributed by atoms with E-state index in [2.05, 4.69) is 81.3 Å². The van der Waals surface area contributed by atoms with Crippen molar-refractivity contribution in [2.75, 3.05) is 58.9 Å². The van der Waals surface area contributed by atoms with Crippen LogP contribution < -0.4 is 15.5 Å². The zero-order valence-electron chi connectivity index (χ0n) is 17.0. The summed E-state index contributed by atoms with van der Waals surface area (Å²) in [5, 5.41) is 9.08. The minimum Gasteiger partial charge on any atom is -0.379 e. The number of hydrogen-bond donors (Lipinski definition) is 2. The number of anilines is 1. The molecule has 3 rings (SSSR count). The number of guanidine groups is 1. The highest BCUT2D eigenvalue weighted by molar-refractivity contribution is 7.10. The normalized spacial score (nSPS) is 16.6. The molecule has 6 nitrogen and oxygen atoms in total. The van der Waals surface area contributed by atoms with Gasteiger partial charge in [0.25, 0.3) is 0 Å². The molecule has 2 N–H and O–H groups in total. The Bertz CT molecular complexity index is 724. The number of rotatable bonds is 7. The van der Waals surface area contributed by atoms with Crippen LogP contribution in [0.2, 0.25) is 0 Å². The second kappa shape index (κ2) is 10.5. The van der Waals surface area contributed by atoms with E-state index in [4.69, 9.17) is 4.74 Å². The number of ether oxygens (including phenoxy) is 1. The zero-order valence-corrected chi connectivity index (χ0v) is 17.8. The predicted octanol–water partition coefficient (Wildman–Crippen LogP) is 2.55. The summed E-state index contributed by atoms with van der Waals surface area (Å²) in [7, 11) is 5.92. The summed E-state index contributed by atoms with van der Waals surface area (Å²) in [6, 6.07) is 13.3. The van der Waals surface area contributed by atoms with Crippen molar-refractivity contribution in [1.82, 2.24) is 15.5 Å². The van der Waals surface area contributed by atoms with Crippen molar-refractivity contribution in [1.29, 1.82) is 0 Å². The molecule has 1 unspecified atom stereocenters. The van der Waals surface area contributed by atoms with Crippen LogP contribution in [0.15, 0.2) is 46.8 Å². The molecule has 2 heterocycles. The maximum atomic E-state index is 5.53. The molecule has 0 radical (unpaired) electrons. The highest BCUT2D eigenvalue weighted by atomic mass is 32.1. The monoisotopic (exact) mass is 401 g/mol. The van der Waals surface area contributed by atoms with Crippen LogP contribution in [0.3, 0.4) is 0 Å². The summed E-state index contributed by atoms with van der Waals surface area (Å²) in [6.45, 7) is 5.10. The van der Waals surface area contributed by atoms with Crippen LogP contribution in [-0.4, -0.2) is 64.9 Å². The van der Waals surface area contributed by atoms with Gasteiger partial charge in [0.15, 0.2) is 5.96 Å². The summed E-state index contributed by atoms with van der Waals surface area (Å²) in [6.07, 6.45) is 0. The Morgan fingerprint density at radius 1 is 1.18 bits per heavy atom. The molecule has 0 saturated carbocycles. The predicted molar refractivity (Wildman–Crippen MR) is 118 cm³/mol. The quantitative estimate of drug-likeness (QED) is 0.552. The largest absolute Gasteiger partial charge is 0.379 e. The van der Waals surface area contributed by atoms with Crippen molar-refractivity contribution in [3.05, 3.63) is 52.2 Å². The molecule has 1 aliphatic rings. The second-order valence-corrected chi connectivity index (χ2v) is 8.03. The van der Waals surface area contributed by atoms with Crippen LogP contribution in [0.4, 0.5) is 5.69 Å². The average Bonchev–Trinajstić information content (AvgIpc) is 3.26. The maximum Gasteiger partial charge on any atom is 0.191 e. The topological polar surface area (TPSA) is 52.1 Å². The van der Waals surface area contributed by atoms with E-state index >= 15 is 0 Å². The standard InChI is InChI=1S/C21H31N5OS/c1-22-21(23-15-17-6-8-18(9-7-17)25(2)3)24-16-19(20-5-4-14-28-20)26-10-12-27-13-11-26/h4-9,14,19H,10-13,15-16H2,1-3H3,(H2,22,23,24). The molecular formula is C21H31N5OS. The van der Waals surface area contributed by atoms with Gasteiger partial charge < -0.3 is 20.3 Å². The van der Waals surface area contributed by atoms with Crippen molar-refractivity contribution < 1.29 is 4.74 Å². The number of nitrogens with one attached hydrogen (secondary N) is 2. The Morgan fingerprint density at radius 3 is 2.54 bits per heavy atom. The fourth-order valence-electron chi connectivity index (χ4n) is 3.29. The third kappa shape index (κ3) is 5.70. The van der Waals surface area contributed by atoms with Crippen molar-refractivity contribution in [3.8, 4) is 0 Å². The third-order valence-corrected chi connectivity index (χ3v) is 5.93. The lowest BCUT2D eigenvalue weighted by Crippen LogP contribution is -2.46. The molecule has 1 aromatic carbocycles. The Balaban J connectivity index is 1.55. The molecule has 0 aliphatic carbocycles. The van der Waals surface area contributed by atoms with Crippen molar-refractivity contribution in [3.63, 3.8) is 0 Å². The minimum atomic E-state index is 0.335. The van der Waals surface area contributed by atoms with E-state index in [0.717, 1.165) is 45.4 Å². The van der Waals surface area contributed by atoms with Crippen molar-refractivity contribution in [2.24, 2.45) is 4.99 Å². The zero-order chi connectivity index (χ0) is 19.8. The summed E-state index contributed by atoms with van der Waals surface area (Å²) in [5.74, 6) is 0.825. The van der Waals surface area contributed by atoms with Gasteiger partial charge in [0, 0.05) is 57.9 Å². The smallest absolute Gasteiger partial charge is 0.191 e. The van der Waals surface area contributed by atoms with Gasteiger partial charge >= 0.3 is 0 Å². The lowest BCUT2D eigenvalue weighted by atomic mass is 10.2. The van der Waals surface area contributed by atoms with E-state index in [1.807, 2.05) is 18.4 Å². The maximum absolute atomic E-state index is 5.53. The van der Waals surface area contributed by atoms with Crippen LogP contribution in [-0.2, 0) is 11.3 Å². The molecule has 152 valence electrons. The number of aliphatic imine (C=N–C) groups is 1. The number of thiophene rings is 1. The molecule has 1 saturated heterocycles. The first-order valence-electron chi connectivity index (χ1n) is 9.73. The number of benzene rings is 1. The Hall–Kier alpha value is -2.09. The summed E-state index contributed by atoms with van der Waals surface area (Å²) < 4.78 is 5.53. The summed E-state index contributed by atoms with van der Waals surface area (Å²) >= 11 is 1.81. The van der Waals surface area contributed by atoms with E-state index in [1.54, 1.807) is 0 Å². The number of nitrogens with zero attached hydrogens (tertiary/aromatic N) is 3. The highest BCUT2D eigenvalue weighted by Gasteiger charge is 2.23. The Labute approximate surface area is 172 Å². The first-order valence-corrected chi connectivity index (χ1v) is 10.6. The molecule has 0 amide bonds. The molecule has 0 spiro atoms. The lowest BCUT2D eigenvalue weighted by Gasteiger charge is -2.34. The molecule has 0 bridgehead atoms. The molecule has 7 heteroatoms. The molecular weight excluding hydrogens is 370 g/mol. The molecule has 1 fully saturated rings. The van der Waals surface area contributed by atoms with Gasteiger partial charge in [-0.1, -0.05) is 18.2 Å². The summed E-state index contributed by atoms with van der Waals surface area (Å²) in [5.41, 5.74) is 2.44. The van der Waals surface area contributed by atoms with Crippen LogP contribution >= 0.6 is 11.3 Å². The molecule has 28 heavy (non-hydrogen) atoms. The van der Waals surface area contributed by atoms with Gasteiger partial charge in [0.05, 0.1) is 19.3 Å². The molecule has 1 atom stereocenters. The molecule has 2 aromatic rings. The van der Waals surface area contributed by atoms with E-state index < -0.39 is 0 Å². The molecule has 1 aromatic heterocycles. The average molecular weight is 402 g/mol. The number of morpholine rings is 1. The van der Waals surface area contributed by atoms with Crippen molar-refractivity contribution in [2.45, 2.75) is 12.6 Å². The Kier molecular flexibility index (Phi) is 7.71. The van der Waals surface area contributed by atoms with Gasteiger partial charge in [-0.05, 0) is 29.1 Å². The van der Waals surface area contributed by atoms with E-state index in [9.17, 15) is 0 Å². The van der Waals surface area contributed by atoms with Gasteiger partial charge in [-0.3, -0.25) is 9.89 Å². The minimum absolute atomic E-state index is 0.335. The van der Waals surface area contributed by atoms with Crippen LogP contribution in [0, 0.1) is 0 Å². The van der Waals surface area contributed by atoms with E-state index in [-0.39, 0.29) is 0 Å². The Morgan fingerprint density at radius 2 is 1.93 bits per heavy atom. The van der Waals surface area contributed by atoms with Crippen molar-refractivity contribution >= 4 is 23.0 Å². The lowest BCUT2D eigenvalue weighted by molar-refractivity contribution is 0.0177. The first-order chi connectivity index (χ1) is 13.7. The van der Waals surface area contributed by atoms with Gasteiger partial charge in [-0.2, -0.15) is 0 Å². The molecule has 1 aliphatic heterocycles.